The van der Waals surface area contributed by atoms with Crippen LogP contribution in [-0.4, -0.2) is 23.2 Å². The highest BCUT2D eigenvalue weighted by Gasteiger charge is 2.31. The van der Waals surface area contributed by atoms with Crippen molar-refractivity contribution in [2.75, 3.05) is 12.4 Å². The van der Waals surface area contributed by atoms with Crippen molar-refractivity contribution in [1.29, 1.82) is 0 Å². The number of alkyl halides is 3. The van der Waals surface area contributed by atoms with Crippen LogP contribution in [0.25, 0.3) is 0 Å². The average Bonchev–Trinajstić information content (AvgIpc) is 2.46. The first-order valence-electron chi connectivity index (χ1n) is 6.03. The summed E-state index contributed by atoms with van der Waals surface area (Å²) in [6.07, 6.45) is -3.20. The number of nitrogens with zero attached hydrogens (tertiary/aromatic N) is 1. The van der Waals surface area contributed by atoms with Crippen molar-refractivity contribution in [3.05, 3.63) is 47.7 Å². The van der Waals surface area contributed by atoms with E-state index >= 15 is 0 Å². The molecule has 1 aromatic heterocycles. The van der Waals surface area contributed by atoms with Crippen molar-refractivity contribution in [1.82, 2.24) is 4.98 Å². The molecule has 0 saturated carbocycles. The Morgan fingerprint density at radius 3 is 2.64 bits per heavy atom. The smallest absolute Gasteiger partial charge is 0.416 e. The van der Waals surface area contributed by atoms with Gasteiger partial charge in [-0.3, -0.25) is 0 Å². The Morgan fingerprint density at radius 1 is 1.32 bits per heavy atom. The van der Waals surface area contributed by atoms with Gasteiger partial charge in [0.15, 0.2) is 0 Å². The number of hydrogen-bond donors (Lipinski definition) is 2. The number of carbonyl (C=O) groups is 1. The molecule has 0 aliphatic heterocycles. The highest BCUT2D eigenvalue weighted by molar-refractivity contribution is 5.94. The molecule has 0 aliphatic carbocycles. The Labute approximate surface area is 123 Å². The maximum atomic E-state index is 12.8. The van der Waals surface area contributed by atoms with E-state index < -0.39 is 17.7 Å². The highest BCUT2D eigenvalue weighted by atomic mass is 19.4. The second-order valence-electron chi connectivity index (χ2n) is 4.24. The van der Waals surface area contributed by atoms with E-state index in [9.17, 15) is 18.0 Å². The van der Waals surface area contributed by atoms with Crippen LogP contribution in [-0.2, 0) is 6.18 Å². The molecule has 0 saturated heterocycles. The average molecular weight is 312 g/mol. The van der Waals surface area contributed by atoms with Gasteiger partial charge in [0.1, 0.15) is 17.1 Å². The minimum absolute atomic E-state index is 0.0291. The van der Waals surface area contributed by atoms with E-state index in [1.807, 2.05) is 0 Å². The maximum Gasteiger partial charge on any atom is 0.416 e. The van der Waals surface area contributed by atoms with Crippen LogP contribution >= 0.6 is 0 Å². The van der Waals surface area contributed by atoms with Gasteiger partial charge in [-0.05, 0) is 30.3 Å². The molecule has 1 aromatic carbocycles. The molecule has 1 heterocycles. The molecule has 0 bridgehead atoms. The summed E-state index contributed by atoms with van der Waals surface area (Å²) in [5.74, 6) is -1.19. The molecule has 0 unspecified atom stereocenters. The molecular weight excluding hydrogens is 301 g/mol. The van der Waals surface area contributed by atoms with Crippen LogP contribution in [0.5, 0.6) is 5.75 Å². The first-order chi connectivity index (χ1) is 10.3. The van der Waals surface area contributed by atoms with Gasteiger partial charge in [-0.25, -0.2) is 9.78 Å². The first-order valence-corrected chi connectivity index (χ1v) is 6.03. The Kier molecular flexibility index (Phi) is 4.20. The topological polar surface area (TPSA) is 71.5 Å². The van der Waals surface area contributed by atoms with Crippen LogP contribution < -0.4 is 10.1 Å². The number of anilines is 2. The van der Waals surface area contributed by atoms with E-state index in [2.05, 4.69) is 10.3 Å². The van der Waals surface area contributed by atoms with Crippen molar-refractivity contribution in [3.63, 3.8) is 0 Å². The summed E-state index contributed by atoms with van der Waals surface area (Å²) in [5.41, 5.74) is -1.08. The van der Waals surface area contributed by atoms with E-state index in [0.29, 0.717) is 0 Å². The van der Waals surface area contributed by atoms with Crippen molar-refractivity contribution in [2.24, 2.45) is 0 Å². The Morgan fingerprint density at radius 2 is 2.05 bits per heavy atom. The van der Waals surface area contributed by atoms with Crippen LogP contribution in [0.3, 0.4) is 0 Å². The van der Waals surface area contributed by atoms with Gasteiger partial charge < -0.3 is 15.2 Å². The number of benzene rings is 1. The van der Waals surface area contributed by atoms with Crippen LogP contribution in [0.2, 0.25) is 0 Å². The third-order valence-electron chi connectivity index (χ3n) is 2.82. The monoisotopic (exact) mass is 312 g/mol. The largest absolute Gasteiger partial charge is 0.495 e. The lowest BCUT2D eigenvalue weighted by molar-refractivity contribution is -0.137. The maximum absolute atomic E-state index is 12.8. The standard InChI is InChI=1S/C14H11F3N2O3/c1-22-11-5-4-8(14(15,16)17)7-10(11)19-12-9(13(20)21)3-2-6-18-12/h2-7H,1H3,(H,18,19)(H,20,21). The number of carboxylic acid groups (broad SMARTS) is 1. The van der Waals surface area contributed by atoms with Gasteiger partial charge in [0.05, 0.1) is 18.4 Å². The van der Waals surface area contributed by atoms with E-state index in [1.165, 1.54) is 25.4 Å². The van der Waals surface area contributed by atoms with Gasteiger partial charge in [-0.1, -0.05) is 0 Å². The van der Waals surface area contributed by atoms with Gasteiger partial charge in [-0.2, -0.15) is 13.2 Å². The molecule has 0 aliphatic rings. The van der Waals surface area contributed by atoms with Gasteiger partial charge in [-0.15, -0.1) is 0 Å². The van der Waals surface area contributed by atoms with E-state index in [1.54, 1.807) is 0 Å². The number of ether oxygens (including phenoxy) is 1. The SMILES string of the molecule is COc1ccc(C(F)(F)F)cc1Nc1ncccc1C(=O)O. The normalized spacial score (nSPS) is 11.1. The number of aromatic nitrogens is 1. The van der Waals surface area contributed by atoms with Crippen molar-refractivity contribution < 1.29 is 27.8 Å². The highest BCUT2D eigenvalue weighted by Crippen LogP contribution is 2.36. The van der Waals surface area contributed by atoms with Crippen LogP contribution in [0.1, 0.15) is 15.9 Å². The van der Waals surface area contributed by atoms with E-state index in [4.69, 9.17) is 9.84 Å². The fourth-order valence-electron chi connectivity index (χ4n) is 1.79. The Balaban J connectivity index is 2.47. The summed E-state index contributed by atoms with van der Waals surface area (Å²) in [6.45, 7) is 0. The lowest BCUT2D eigenvalue weighted by atomic mass is 10.1. The van der Waals surface area contributed by atoms with E-state index in [0.717, 1.165) is 18.2 Å². The predicted octanol–water partition coefficient (Wildman–Crippen LogP) is 3.55. The zero-order chi connectivity index (χ0) is 16.3. The van der Waals surface area contributed by atoms with Crippen LogP contribution in [0, 0.1) is 0 Å². The number of halogens is 3. The Bertz CT molecular complexity index is 702. The number of aromatic carboxylic acids is 1. The minimum Gasteiger partial charge on any atom is -0.495 e. The third-order valence-corrected chi connectivity index (χ3v) is 2.82. The summed E-state index contributed by atoms with van der Waals surface area (Å²) in [4.78, 5) is 14.9. The molecule has 2 rings (SSSR count). The number of pyridine rings is 1. The Hall–Kier alpha value is -2.77. The molecular formula is C14H11F3N2O3. The third kappa shape index (κ3) is 3.27. The molecule has 0 amide bonds. The van der Waals surface area contributed by atoms with Gasteiger partial charge in [0.2, 0.25) is 0 Å². The minimum atomic E-state index is -4.53. The molecule has 0 atom stereocenters. The molecule has 22 heavy (non-hydrogen) atoms. The summed E-state index contributed by atoms with van der Waals surface area (Å²) in [5, 5.41) is 11.6. The van der Waals surface area contributed by atoms with Crippen molar-refractivity contribution in [3.8, 4) is 5.75 Å². The van der Waals surface area contributed by atoms with Gasteiger partial charge >= 0.3 is 12.1 Å². The molecule has 5 nitrogen and oxygen atoms in total. The number of nitrogens with one attached hydrogen (secondary N) is 1. The zero-order valence-electron chi connectivity index (χ0n) is 11.3. The summed E-state index contributed by atoms with van der Waals surface area (Å²) >= 11 is 0. The number of methoxy groups -OCH3 is 1. The molecule has 0 radical (unpaired) electrons. The van der Waals surface area contributed by atoms with Crippen molar-refractivity contribution in [2.45, 2.75) is 6.18 Å². The summed E-state index contributed by atoms with van der Waals surface area (Å²) in [6, 6.07) is 5.56. The van der Waals surface area contributed by atoms with E-state index in [-0.39, 0.29) is 22.8 Å². The van der Waals surface area contributed by atoms with Crippen LogP contribution in [0.15, 0.2) is 36.5 Å². The fraction of sp³-hybridized carbons (Fsp3) is 0.143. The molecule has 2 aromatic rings. The summed E-state index contributed by atoms with van der Waals surface area (Å²) < 4.78 is 43.3. The predicted molar refractivity (Wildman–Crippen MR) is 72.5 cm³/mol. The lowest BCUT2D eigenvalue weighted by Gasteiger charge is -2.14. The second-order valence-corrected chi connectivity index (χ2v) is 4.24. The lowest BCUT2D eigenvalue weighted by Crippen LogP contribution is -2.08. The van der Waals surface area contributed by atoms with Gasteiger partial charge in [0.25, 0.3) is 0 Å². The zero-order valence-corrected chi connectivity index (χ0v) is 11.3. The van der Waals surface area contributed by atoms with Crippen LogP contribution in [0.4, 0.5) is 24.7 Å². The number of rotatable bonds is 4. The number of carboxylic acids is 1. The first kappa shape index (κ1) is 15.6. The fourth-order valence-corrected chi connectivity index (χ4v) is 1.79. The molecule has 8 heteroatoms. The molecule has 0 spiro atoms. The summed E-state index contributed by atoms with van der Waals surface area (Å²) in [7, 11) is 1.30. The van der Waals surface area contributed by atoms with Crippen molar-refractivity contribution >= 4 is 17.5 Å². The van der Waals surface area contributed by atoms with Gasteiger partial charge in [0, 0.05) is 6.20 Å². The molecule has 116 valence electrons. The second kappa shape index (κ2) is 5.92. The quantitative estimate of drug-likeness (QED) is 0.903. The molecule has 0 fully saturated rings. The molecule has 2 N–H and O–H groups in total. The number of hydrogen-bond acceptors (Lipinski definition) is 4.